The molecule has 2 aromatic rings. The molecule has 4 rings (SSSR count). The van der Waals surface area contributed by atoms with Crippen LogP contribution in [0.4, 0.5) is 0 Å². The van der Waals surface area contributed by atoms with Crippen LogP contribution in [0.2, 0.25) is 0 Å². The molecule has 0 spiro atoms. The molecule has 0 aromatic carbocycles. The lowest BCUT2D eigenvalue weighted by atomic mass is 9.89. The van der Waals surface area contributed by atoms with Crippen molar-refractivity contribution in [1.82, 2.24) is 14.9 Å². The summed E-state index contributed by atoms with van der Waals surface area (Å²) >= 11 is 2.97. The molecule has 29 heavy (non-hydrogen) atoms. The number of hydrogen-bond donors (Lipinski definition) is 1. The third-order valence-corrected chi connectivity index (χ3v) is 7.69. The summed E-state index contributed by atoms with van der Waals surface area (Å²) in [6.07, 6.45) is 6.75. The number of carbonyl (C=O) groups is 1. The molecule has 156 valence electrons. The highest BCUT2D eigenvalue weighted by Crippen LogP contribution is 2.36. The maximum Gasteiger partial charge on any atom is 0.263 e. The predicted octanol–water partition coefficient (Wildman–Crippen LogP) is 3.16. The smallest absolute Gasteiger partial charge is 0.263 e. The van der Waals surface area contributed by atoms with Gasteiger partial charge in [-0.25, -0.2) is 4.98 Å². The first-order valence-electron chi connectivity index (χ1n) is 10.2. The quantitative estimate of drug-likeness (QED) is 0.413. The minimum absolute atomic E-state index is 0.0200. The van der Waals surface area contributed by atoms with Gasteiger partial charge < -0.3 is 10.1 Å². The van der Waals surface area contributed by atoms with Gasteiger partial charge in [0.05, 0.1) is 23.8 Å². The predicted molar refractivity (Wildman–Crippen MR) is 118 cm³/mol. The summed E-state index contributed by atoms with van der Waals surface area (Å²) in [5, 5.41) is 4.17. The lowest BCUT2D eigenvalue weighted by molar-refractivity contribution is -0.118. The van der Waals surface area contributed by atoms with E-state index in [1.807, 2.05) is 0 Å². The summed E-state index contributed by atoms with van der Waals surface area (Å²) in [6.45, 7) is 7.55. The van der Waals surface area contributed by atoms with E-state index in [-0.39, 0.29) is 23.3 Å². The topological polar surface area (TPSA) is 73.2 Å². The fourth-order valence-corrected chi connectivity index (χ4v) is 6.30. The number of aryl methyl sites for hydroxylation is 1. The Labute approximate surface area is 178 Å². The molecule has 1 amide bonds. The number of ether oxygens (including phenoxy) is 1. The Hall–Kier alpha value is -1.64. The van der Waals surface area contributed by atoms with Gasteiger partial charge in [0.25, 0.3) is 5.56 Å². The molecule has 0 saturated carbocycles. The Morgan fingerprint density at radius 1 is 1.48 bits per heavy atom. The SMILES string of the molecule is C=CCNC(=O)CSc1nc2sc3c(c2c(=O)n1CC1CCCO1)CCC(C)C3. The molecule has 8 heteroatoms. The van der Waals surface area contributed by atoms with Crippen LogP contribution >= 0.6 is 23.1 Å². The van der Waals surface area contributed by atoms with Gasteiger partial charge in [-0.2, -0.15) is 0 Å². The van der Waals surface area contributed by atoms with Crippen molar-refractivity contribution in [3.8, 4) is 0 Å². The van der Waals surface area contributed by atoms with Gasteiger partial charge in [-0.1, -0.05) is 24.8 Å². The number of hydrogen-bond acceptors (Lipinski definition) is 6. The Balaban J connectivity index is 1.70. The molecule has 2 aromatic heterocycles. The fraction of sp³-hybridized carbons (Fsp3) is 0.571. The van der Waals surface area contributed by atoms with E-state index >= 15 is 0 Å². The summed E-state index contributed by atoms with van der Waals surface area (Å²) in [5.41, 5.74) is 1.22. The second-order valence-electron chi connectivity index (χ2n) is 7.86. The Morgan fingerprint density at radius 2 is 2.34 bits per heavy atom. The van der Waals surface area contributed by atoms with E-state index < -0.39 is 0 Å². The van der Waals surface area contributed by atoms with Crippen molar-refractivity contribution in [2.75, 3.05) is 18.9 Å². The van der Waals surface area contributed by atoms with Crippen LogP contribution in [0.1, 0.15) is 36.6 Å². The zero-order chi connectivity index (χ0) is 20.4. The molecule has 2 atom stereocenters. The van der Waals surface area contributed by atoms with Crippen LogP contribution in [0.25, 0.3) is 10.2 Å². The summed E-state index contributed by atoms with van der Waals surface area (Å²) in [4.78, 5) is 32.5. The Morgan fingerprint density at radius 3 is 3.10 bits per heavy atom. The summed E-state index contributed by atoms with van der Waals surface area (Å²) in [7, 11) is 0. The number of nitrogens with one attached hydrogen (secondary N) is 1. The number of thiophene rings is 1. The number of amides is 1. The maximum atomic E-state index is 13.5. The van der Waals surface area contributed by atoms with Crippen molar-refractivity contribution < 1.29 is 9.53 Å². The van der Waals surface area contributed by atoms with E-state index in [0.717, 1.165) is 48.9 Å². The molecule has 1 aliphatic heterocycles. The van der Waals surface area contributed by atoms with Crippen LogP contribution < -0.4 is 10.9 Å². The number of carbonyl (C=O) groups excluding carboxylic acids is 1. The zero-order valence-electron chi connectivity index (χ0n) is 16.7. The summed E-state index contributed by atoms with van der Waals surface area (Å²) in [6, 6.07) is 0. The van der Waals surface area contributed by atoms with Gasteiger partial charge in [0.15, 0.2) is 5.16 Å². The number of thioether (sulfide) groups is 1. The number of aromatic nitrogens is 2. The van der Waals surface area contributed by atoms with Crippen LogP contribution in [0, 0.1) is 5.92 Å². The molecule has 1 saturated heterocycles. The third kappa shape index (κ3) is 4.44. The largest absolute Gasteiger partial charge is 0.376 e. The minimum Gasteiger partial charge on any atom is -0.376 e. The summed E-state index contributed by atoms with van der Waals surface area (Å²) in [5.74, 6) is 0.777. The molecule has 2 aliphatic rings. The van der Waals surface area contributed by atoms with Crippen LogP contribution in [0.15, 0.2) is 22.6 Å². The van der Waals surface area contributed by atoms with Gasteiger partial charge >= 0.3 is 0 Å². The highest BCUT2D eigenvalue weighted by atomic mass is 32.2. The standard InChI is InChI=1S/C21H27N3O3S2/c1-3-8-22-17(25)12-28-21-23-19-18(15-7-6-13(2)10-16(15)29-19)20(26)24(21)11-14-5-4-9-27-14/h3,13-14H,1,4-12H2,2H3,(H,22,25). The maximum absolute atomic E-state index is 13.5. The van der Waals surface area contributed by atoms with Crippen molar-refractivity contribution in [3.05, 3.63) is 33.4 Å². The molecule has 1 fully saturated rings. The van der Waals surface area contributed by atoms with E-state index in [1.165, 1.54) is 22.2 Å². The normalized spacial score (nSPS) is 21.3. The molecule has 0 radical (unpaired) electrons. The molecular formula is C21H27N3O3S2. The van der Waals surface area contributed by atoms with Gasteiger partial charge in [-0.05, 0) is 43.6 Å². The second-order valence-corrected chi connectivity index (χ2v) is 9.88. The second kappa shape index (κ2) is 9.02. The first kappa shape index (κ1) is 20.6. The van der Waals surface area contributed by atoms with Crippen molar-refractivity contribution in [2.45, 2.75) is 56.8 Å². The number of nitrogens with zero attached hydrogens (tertiary/aromatic N) is 2. The molecule has 2 unspecified atom stereocenters. The molecule has 1 N–H and O–H groups in total. The van der Waals surface area contributed by atoms with Gasteiger partial charge in [0.1, 0.15) is 4.83 Å². The lowest BCUT2D eigenvalue weighted by Crippen LogP contribution is -2.30. The monoisotopic (exact) mass is 433 g/mol. The van der Waals surface area contributed by atoms with Gasteiger partial charge in [0, 0.05) is 18.0 Å². The van der Waals surface area contributed by atoms with Crippen molar-refractivity contribution in [2.24, 2.45) is 5.92 Å². The Bertz CT molecular complexity index is 976. The van der Waals surface area contributed by atoms with Crippen LogP contribution in [-0.4, -0.2) is 40.5 Å². The average Bonchev–Trinajstić information content (AvgIpc) is 3.34. The van der Waals surface area contributed by atoms with Crippen molar-refractivity contribution in [1.29, 1.82) is 0 Å². The molecular weight excluding hydrogens is 406 g/mol. The lowest BCUT2D eigenvalue weighted by Gasteiger charge is -2.18. The Kier molecular flexibility index (Phi) is 6.41. The van der Waals surface area contributed by atoms with Gasteiger partial charge in [0.2, 0.25) is 5.91 Å². The highest BCUT2D eigenvalue weighted by molar-refractivity contribution is 7.99. The van der Waals surface area contributed by atoms with Crippen LogP contribution in [0.5, 0.6) is 0 Å². The molecule has 3 heterocycles. The first-order chi connectivity index (χ1) is 14.1. The number of rotatable bonds is 7. The van der Waals surface area contributed by atoms with Gasteiger partial charge in [-0.3, -0.25) is 14.2 Å². The highest BCUT2D eigenvalue weighted by Gasteiger charge is 2.26. The van der Waals surface area contributed by atoms with E-state index in [0.29, 0.717) is 24.2 Å². The van der Waals surface area contributed by atoms with E-state index in [4.69, 9.17) is 9.72 Å². The summed E-state index contributed by atoms with van der Waals surface area (Å²) < 4.78 is 7.53. The third-order valence-electron chi connectivity index (χ3n) is 5.57. The molecule has 6 nitrogen and oxygen atoms in total. The van der Waals surface area contributed by atoms with Crippen LogP contribution in [-0.2, 0) is 28.9 Å². The number of fused-ring (bicyclic) bond motifs is 3. The van der Waals surface area contributed by atoms with E-state index in [9.17, 15) is 9.59 Å². The molecule has 1 aliphatic carbocycles. The molecule has 0 bridgehead atoms. The van der Waals surface area contributed by atoms with Gasteiger partial charge in [-0.15, -0.1) is 17.9 Å². The zero-order valence-corrected chi connectivity index (χ0v) is 18.4. The van der Waals surface area contributed by atoms with E-state index in [2.05, 4.69) is 18.8 Å². The van der Waals surface area contributed by atoms with Crippen molar-refractivity contribution in [3.63, 3.8) is 0 Å². The van der Waals surface area contributed by atoms with Crippen LogP contribution in [0.3, 0.4) is 0 Å². The van der Waals surface area contributed by atoms with Crippen molar-refractivity contribution >= 4 is 39.2 Å². The average molecular weight is 434 g/mol. The minimum atomic E-state index is -0.0905. The first-order valence-corrected chi connectivity index (χ1v) is 12.0. The fourth-order valence-electron chi connectivity index (χ4n) is 4.04. The van der Waals surface area contributed by atoms with E-state index in [1.54, 1.807) is 22.0 Å².